The van der Waals surface area contributed by atoms with Crippen molar-refractivity contribution in [3.8, 4) is 11.5 Å². The summed E-state index contributed by atoms with van der Waals surface area (Å²) in [4.78, 5) is 14.5. The highest BCUT2D eigenvalue weighted by Gasteiger charge is 2.14. The second-order valence-electron chi connectivity index (χ2n) is 3.92. The molecule has 1 N–H and O–H groups in total. The van der Waals surface area contributed by atoms with Crippen LogP contribution in [-0.2, 0) is 4.74 Å². The summed E-state index contributed by atoms with van der Waals surface area (Å²) in [6.07, 6.45) is 0. The fourth-order valence-corrected chi connectivity index (χ4v) is 1.92. The molecule has 102 valence electrons. The van der Waals surface area contributed by atoms with Gasteiger partial charge < -0.3 is 19.2 Å². The van der Waals surface area contributed by atoms with E-state index >= 15 is 0 Å². The van der Waals surface area contributed by atoms with Gasteiger partial charge in [0, 0.05) is 17.5 Å². The molecule has 0 unspecified atom stereocenters. The van der Waals surface area contributed by atoms with E-state index in [9.17, 15) is 4.79 Å². The first-order chi connectivity index (χ1) is 9.19. The van der Waals surface area contributed by atoms with E-state index in [0.717, 1.165) is 10.9 Å². The quantitative estimate of drug-likeness (QED) is 0.843. The zero-order valence-corrected chi connectivity index (χ0v) is 11.3. The maximum atomic E-state index is 11.5. The molecule has 0 radical (unpaired) electrons. The molecule has 0 aliphatic heterocycles. The number of benzene rings is 1. The van der Waals surface area contributed by atoms with Crippen LogP contribution >= 0.6 is 0 Å². The van der Waals surface area contributed by atoms with Crippen molar-refractivity contribution in [2.75, 3.05) is 20.3 Å². The number of nitrogens with one attached hydrogen (secondary N) is 1. The molecule has 1 aromatic heterocycles. The van der Waals surface area contributed by atoms with Crippen molar-refractivity contribution in [2.45, 2.75) is 13.8 Å². The molecule has 19 heavy (non-hydrogen) atoms. The Morgan fingerprint density at radius 1 is 1.16 bits per heavy atom. The number of ether oxygens (including phenoxy) is 3. The van der Waals surface area contributed by atoms with E-state index in [1.54, 1.807) is 6.07 Å². The van der Waals surface area contributed by atoms with Crippen LogP contribution in [0.25, 0.3) is 10.9 Å². The standard InChI is InChI=1S/C14H17NO4/c1-4-18-9-6-11-10(13(7-9)19-5-2)8-12(15-11)14(16)17-3/h6-8,15H,4-5H2,1-3H3. The number of carbonyl (C=O) groups excluding carboxylic acids is 1. The first-order valence-corrected chi connectivity index (χ1v) is 6.20. The zero-order valence-electron chi connectivity index (χ0n) is 11.3. The molecule has 0 bridgehead atoms. The third-order valence-electron chi connectivity index (χ3n) is 2.69. The van der Waals surface area contributed by atoms with Crippen LogP contribution in [0.5, 0.6) is 11.5 Å². The summed E-state index contributed by atoms with van der Waals surface area (Å²) >= 11 is 0. The summed E-state index contributed by atoms with van der Waals surface area (Å²) in [6, 6.07) is 5.39. The van der Waals surface area contributed by atoms with Crippen LogP contribution < -0.4 is 9.47 Å². The minimum atomic E-state index is -0.406. The predicted molar refractivity (Wildman–Crippen MR) is 72.0 cm³/mol. The van der Waals surface area contributed by atoms with Gasteiger partial charge in [0.2, 0.25) is 0 Å². The Bertz CT molecular complexity index is 588. The third-order valence-corrected chi connectivity index (χ3v) is 2.69. The smallest absolute Gasteiger partial charge is 0.354 e. The maximum absolute atomic E-state index is 11.5. The average Bonchev–Trinajstić information content (AvgIpc) is 2.82. The zero-order chi connectivity index (χ0) is 13.8. The predicted octanol–water partition coefficient (Wildman–Crippen LogP) is 2.75. The molecule has 5 heteroatoms. The number of rotatable bonds is 5. The Kier molecular flexibility index (Phi) is 3.94. The van der Waals surface area contributed by atoms with E-state index in [-0.39, 0.29) is 0 Å². The molecule has 0 spiro atoms. The van der Waals surface area contributed by atoms with Crippen LogP contribution in [0.4, 0.5) is 0 Å². The maximum Gasteiger partial charge on any atom is 0.354 e. The van der Waals surface area contributed by atoms with Gasteiger partial charge in [0.25, 0.3) is 0 Å². The topological polar surface area (TPSA) is 60.6 Å². The van der Waals surface area contributed by atoms with E-state index in [1.165, 1.54) is 7.11 Å². The highest BCUT2D eigenvalue weighted by atomic mass is 16.5. The lowest BCUT2D eigenvalue weighted by molar-refractivity contribution is 0.0595. The van der Waals surface area contributed by atoms with Gasteiger partial charge >= 0.3 is 5.97 Å². The number of carbonyl (C=O) groups is 1. The van der Waals surface area contributed by atoms with Crippen molar-refractivity contribution < 1.29 is 19.0 Å². The van der Waals surface area contributed by atoms with Crippen LogP contribution in [0.15, 0.2) is 18.2 Å². The minimum absolute atomic E-state index is 0.395. The average molecular weight is 263 g/mol. The molecule has 0 aliphatic rings. The second-order valence-corrected chi connectivity index (χ2v) is 3.92. The van der Waals surface area contributed by atoms with Crippen LogP contribution in [0.1, 0.15) is 24.3 Å². The summed E-state index contributed by atoms with van der Waals surface area (Å²) in [7, 11) is 1.35. The molecule has 0 atom stereocenters. The summed E-state index contributed by atoms with van der Waals surface area (Å²) in [5, 5.41) is 0.839. The largest absolute Gasteiger partial charge is 0.494 e. The number of aromatic amines is 1. The molecule has 0 saturated carbocycles. The van der Waals surface area contributed by atoms with Crippen molar-refractivity contribution in [3.05, 3.63) is 23.9 Å². The van der Waals surface area contributed by atoms with Gasteiger partial charge in [-0.25, -0.2) is 4.79 Å². The summed E-state index contributed by atoms with van der Waals surface area (Å²) in [5.41, 5.74) is 1.18. The number of hydrogen-bond acceptors (Lipinski definition) is 4. The Morgan fingerprint density at radius 3 is 2.53 bits per heavy atom. The van der Waals surface area contributed by atoms with Crippen molar-refractivity contribution in [3.63, 3.8) is 0 Å². The number of hydrogen-bond donors (Lipinski definition) is 1. The molecule has 2 rings (SSSR count). The van der Waals surface area contributed by atoms with Crippen molar-refractivity contribution in [1.82, 2.24) is 4.98 Å². The summed E-state index contributed by atoms with van der Waals surface area (Å²) < 4.78 is 15.8. The molecule has 0 fully saturated rings. The monoisotopic (exact) mass is 263 g/mol. The van der Waals surface area contributed by atoms with E-state index in [1.807, 2.05) is 26.0 Å². The number of H-pyrrole nitrogens is 1. The molecule has 0 aliphatic carbocycles. The molecular formula is C14H17NO4. The van der Waals surface area contributed by atoms with Crippen LogP contribution in [-0.4, -0.2) is 31.3 Å². The highest BCUT2D eigenvalue weighted by molar-refractivity contribution is 5.97. The first-order valence-electron chi connectivity index (χ1n) is 6.20. The third kappa shape index (κ3) is 2.65. The molecule has 0 amide bonds. The Labute approximate surface area is 111 Å². The Hall–Kier alpha value is -2.17. The second kappa shape index (κ2) is 5.65. The van der Waals surface area contributed by atoms with E-state index < -0.39 is 5.97 Å². The van der Waals surface area contributed by atoms with Crippen molar-refractivity contribution in [1.29, 1.82) is 0 Å². The lowest BCUT2D eigenvalue weighted by Gasteiger charge is -2.08. The van der Waals surface area contributed by atoms with Crippen molar-refractivity contribution in [2.24, 2.45) is 0 Å². The first kappa shape index (κ1) is 13.3. The summed E-state index contributed by atoms with van der Waals surface area (Å²) in [5.74, 6) is 0.989. The van der Waals surface area contributed by atoms with E-state index in [4.69, 9.17) is 14.2 Å². The number of esters is 1. The van der Waals surface area contributed by atoms with E-state index in [2.05, 4.69) is 4.98 Å². The fraction of sp³-hybridized carbons (Fsp3) is 0.357. The van der Waals surface area contributed by atoms with Gasteiger partial charge in [-0.05, 0) is 19.9 Å². The van der Waals surface area contributed by atoms with Gasteiger partial charge in [-0.1, -0.05) is 0 Å². The molecule has 2 aromatic rings. The Balaban J connectivity index is 2.53. The number of methoxy groups -OCH3 is 1. The fourth-order valence-electron chi connectivity index (χ4n) is 1.92. The van der Waals surface area contributed by atoms with Gasteiger partial charge in [-0.2, -0.15) is 0 Å². The van der Waals surface area contributed by atoms with Crippen molar-refractivity contribution >= 4 is 16.9 Å². The number of fused-ring (bicyclic) bond motifs is 1. The highest BCUT2D eigenvalue weighted by Crippen LogP contribution is 2.32. The van der Waals surface area contributed by atoms with Gasteiger partial charge in [-0.15, -0.1) is 0 Å². The SMILES string of the molecule is CCOc1cc(OCC)c2cc(C(=O)OC)[nH]c2c1. The lowest BCUT2D eigenvalue weighted by atomic mass is 10.2. The van der Waals surface area contributed by atoms with Gasteiger partial charge in [0.15, 0.2) is 0 Å². The molecule has 1 heterocycles. The van der Waals surface area contributed by atoms with Gasteiger partial charge in [0.05, 0.1) is 25.8 Å². The Morgan fingerprint density at radius 2 is 1.89 bits per heavy atom. The van der Waals surface area contributed by atoms with Crippen LogP contribution in [0, 0.1) is 0 Å². The van der Waals surface area contributed by atoms with Crippen LogP contribution in [0.2, 0.25) is 0 Å². The lowest BCUT2D eigenvalue weighted by Crippen LogP contribution is -2.00. The molecule has 1 aromatic carbocycles. The van der Waals surface area contributed by atoms with Gasteiger partial charge in [-0.3, -0.25) is 0 Å². The summed E-state index contributed by atoms with van der Waals surface area (Å²) in [6.45, 7) is 4.94. The normalized spacial score (nSPS) is 10.5. The van der Waals surface area contributed by atoms with Gasteiger partial charge in [0.1, 0.15) is 17.2 Å². The molecule has 5 nitrogen and oxygen atoms in total. The molecule has 0 saturated heterocycles. The van der Waals surface area contributed by atoms with Crippen LogP contribution in [0.3, 0.4) is 0 Å². The van der Waals surface area contributed by atoms with E-state index in [0.29, 0.717) is 30.4 Å². The number of aromatic nitrogens is 1. The minimum Gasteiger partial charge on any atom is -0.494 e. The molecular weight excluding hydrogens is 246 g/mol.